The molecule has 2 unspecified atom stereocenters. The van der Waals surface area contributed by atoms with Gasteiger partial charge in [-0.05, 0) is 37.3 Å². The zero-order valence-electron chi connectivity index (χ0n) is 12.8. The summed E-state index contributed by atoms with van der Waals surface area (Å²) < 4.78 is 5.93. The SMILES string of the molecule is CCNc1ccc(COC2CCCC(C)C2)cc1[N+](=O)[O-]. The molecule has 0 heterocycles. The van der Waals surface area contributed by atoms with E-state index in [1.165, 1.54) is 12.8 Å². The van der Waals surface area contributed by atoms with Crippen LogP contribution in [0.1, 0.15) is 45.1 Å². The Labute approximate surface area is 125 Å². The topological polar surface area (TPSA) is 64.4 Å². The van der Waals surface area contributed by atoms with E-state index in [2.05, 4.69) is 12.2 Å². The lowest BCUT2D eigenvalue weighted by Gasteiger charge is -2.26. The van der Waals surface area contributed by atoms with Crippen molar-refractivity contribution in [2.75, 3.05) is 11.9 Å². The van der Waals surface area contributed by atoms with E-state index >= 15 is 0 Å². The van der Waals surface area contributed by atoms with Crippen molar-refractivity contribution in [1.82, 2.24) is 0 Å². The van der Waals surface area contributed by atoms with E-state index in [1.54, 1.807) is 12.1 Å². The summed E-state index contributed by atoms with van der Waals surface area (Å²) in [5.41, 5.74) is 1.55. The van der Waals surface area contributed by atoms with Crippen molar-refractivity contribution >= 4 is 11.4 Å². The van der Waals surface area contributed by atoms with Crippen LogP contribution >= 0.6 is 0 Å². The van der Waals surface area contributed by atoms with Crippen molar-refractivity contribution in [3.8, 4) is 0 Å². The van der Waals surface area contributed by atoms with Crippen LogP contribution in [-0.2, 0) is 11.3 Å². The van der Waals surface area contributed by atoms with Gasteiger partial charge >= 0.3 is 0 Å². The summed E-state index contributed by atoms with van der Waals surface area (Å²) >= 11 is 0. The molecule has 0 bridgehead atoms. The summed E-state index contributed by atoms with van der Waals surface area (Å²) in [6.07, 6.45) is 4.98. The van der Waals surface area contributed by atoms with Crippen LogP contribution in [0.15, 0.2) is 18.2 Å². The standard InChI is InChI=1S/C16H24N2O3/c1-3-17-15-8-7-13(10-16(15)18(19)20)11-21-14-6-4-5-12(2)9-14/h7-8,10,12,14,17H,3-6,9,11H2,1-2H3. The molecular formula is C16H24N2O3. The Balaban J connectivity index is 2.00. The molecule has 1 aliphatic rings. The quantitative estimate of drug-likeness (QED) is 0.632. The fraction of sp³-hybridized carbons (Fsp3) is 0.625. The van der Waals surface area contributed by atoms with E-state index in [9.17, 15) is 10.1 Å². The smallest absolute Gasteiger partial charge is 0.292 e. The molecule has 1 fully saturated rings. The molecule has 0 spiro atoms. The zero-order valence-corrected chi connectivity index (χ0v) is 12.8. The fourth-order valence-electron chi connectivity index (χ4n) is 2.90. The van der Waals surface area contributed by atoms with Gasteiger partial charge in [0.2, 0.25) is 0 Å². The molecule has 1 saturated carbocycles. The molecule has 116 valence electrons. The maximum atomic E-state index is 11.1. The van der Waals surface area contributed by atoms with Crippen LogP contribution in [0.2, 0.25) is 0 Å². The number of hydrogen-bond acceptors (Lipinski definition) is 4. The summed E-state index contributed by atoms with van der Waals surface area (Å²) in [6, 6.07) is 5.28. The molecule has 0 aliphatic heterocycles. The predicted molar refractivity (Wildman–Crippen MR) is 83.5 cm³/mol. The van der Waals surface area contributed by atoms with Gasteiger partial charge in [-0.2, -0.15) is 0 Å². The average molecular weight is 292 g/mol. The third kappa shape index (κ3) is 4.43. The van der Waals surface area contributed by atoms with E-state index in [0.29, 0.717) is 30.9 Å². The molecular weight excluding hydrogens is 268 g/mol. The number of nitro groups is 1. The second-order valence-corrected chi connectivity index (χ2v) is 5.84. The molecule has 0 radical (unpaired) electrons. The Morgan fingerprint density at radius 1 is 1.43 bits per heavy atom. The number of hydrogen-bond donors (Lipinski definition) is 1. The van der Waals surface area contributed by atoms with E-state index in [4.69, 9.17) is 4.74 Å². The summed E-state index contributed by atoms with van der Waals surface area (Å²) in [4.78, 5) is 10.8. The molecule has 21 heavy (non-hydrogen) atoms. The van der Waals surface area contributed by atoms with Gasteiger partial charge in [-0.15, -0.1) is 0 Å². The molecule has 1 aromatic carbocycles. The Hall–Kier alpha value is -1.62. The van der Waals surface area contributed by atoms with Gasteiger partial charge in [0.15, 0.2) is 0 Å². The Morgan fingerprint density at radius 2 is 2.24 bits per heavy atom. The maximum Gasteiger partial charge on any atom is 0.292 e. The molecule has 0 saturated heterocycles. The molecule has 1 aromatic rings. The molecule has 5 nitrogen and oxygen atoms in total. The minimum Gasteiger partial charge on any atom is -0.380 e. The lowest BCUT2D eigenvalue weighted by Crippen LogP contribution is -2.21. The fourth-order valence-corrected chi connectivity index (χ4v) is 2.90. The van der Waals surface area contributed by atoms with E-state index in [1.807, 2.05) is 13.0 Å². The van der Waals surface area contributed by atoms with Crippen molar-refractivity contribution in [3.05, 3.63) is 33.9 Å². The van der Waals surface area contributed by atoms with E-state index in [0.717, 1.165) is 18.4 Å². The Bertz CT molecular complexity index is 490. The van der Waals surface area contributed by atoms with Gasteiger partial charge < -0.3 is 10.1 Å². The van der Waals surface area contributed by atoms with Crippen molar-refractivity contribution in [1.29, 1.82) is 0 Å². The molecule has 5 heteroatoms. The summed E-state index contributed by atoms with van der Waals surface area (Å²) in [6.45, 7) is 5.29. The summed E-state index contributed by atoms with van der Waals surface area (Å²) in [7, 11) is 0. The minimum atomic E-state index is -0.343. The van der Waals surface area contributed by atoms with Gasteiger partial charge in [0, 0.05) is 12.6 Å². The van der Waals surface area contributed by atoms with Crippen LogP contribution in [0.5, 0.6) is 0 Å². The third-order valence-electron chi connectivity index (χ3n) is 4.00. The Kier molecular flexibility index (Phi) is 5.56. The second kappa shape index (κ2) is 7.41. The average Bonchev–Trinajstić information content (AvgIpc) is 2.46. The Morgan fingerprint density at radius 3 is 2.90 bits per heavy atom. The van der Waals surface area contributed by atoms with Crippen LogP contribution < -0.4 is 5.32 Å². The maximum absolute atomic E-state index is 11.1. The molecule has 0 amide bonds. The third-order valence-corrected chi connectivity index (χ3v) is 4.00. The number of anilines is 1. The second-order valence-electron chi connectivity index (χ2n) is 5.84. The molecule has 2 rings (SSSR count). The van der Waals surface area contributed by atoms with Crippen LogP contribution in [0.25, 0.3) is 0 Å². The van der Waals surface area contributed by atoms with Crippen molar-refractivity contribution in [3.63, 3.8) is 0 Å². The highest BCUT2D eigenvalue weighted by Gasteiger charge is 2.20. The minimum absolute atomic E-state index is 0.120. The van der Waals surface area contributed by atoms with Crippen LogP contribution in [0.3, 0.4) is 0 Å². The van der Waals surface area contributed by atoms with Gasteiger partial charge in [0.05, 0.1) is 17.6 Å². The highest BCUT2D eigenvalue weighted by atomic mass is 16.6. The summed E-state index contributed by atoms with van der Waals surface area (Å²) in [5.74, 6) is 0.717. The van der Waals surface area contributed by atoms with Crippen molar-refractivity contribution in [2.45, 2.75) is 52.2 Å². The predicted octanol–water partition coefficient (Wildman–Crippen LogP) is 4.12. The first-order valence-electron chi connectivity index (χ1n) is 7.73. The monoisotopic (exact) mass is 292 g/mol. The van der Waals surface area contributed by atoms with Gasteiger partial charge in [0.1, 0.15) is 5.69 Å². The molecule has 0 aromatic heterocycles. The molecule has 1 N–H and O–H groups in total. The number of rotatable bonds is 6. The van der Waals surface area contributed by atoms with E-state index < -0.39 is 0 Å². The van der Waals surface area contributed by atoms with Crippen LogP contribution in [-0.4, -0.2) is 17.6 Å². The van der Waals surface area contributed by atoms with Crippen LogP contribution in [0.4, 0.5) is 11.4 Å². The van der Waals surface area contributed by atoms with Crippen molar-refractivity contribution in [2.24, 2.45) is 5.92 Å². The van der Waals surface area contributed by atoms with Gasteiger partial charge in [-0.3, -0.25) is 10.1 Å². The van der Waals surface area contributed by atoms with Gasteiger partial charge in [0.25, 0.3) is 5.69 Å². The molecule has 1 aliphatic carbocycles. The highest BCUT2D eigenvalue weighted by Crippen LogP contribution is 2.28. The first kappa shape index (κ1) is 15.8. The summed E-state index contributed by atoms with van der Waals surface area (Å²) in [5, 5.41) is 14.1. The van der Waals surface area contributed by atoms with E-state index in [-0.39, 0.29) is 10.6 Å². The van der Waals surface area contributed by atoms with Gasteiger partial charge in [-0.1, -0.05) is 25.8 Å². The number of benzene rings is 1. The number of nitro benzene ring substituents is 1. The zero-order chi connectivity index (χ0) is 15.2. The largest absolute Gasteiger partial charge is 0.380 e. The lowest BCUT2D eigenvalue weighted by molar-refractivity contribution is -0.384. The van der Waals surface area contributed by atoms with Crippen molar-refractivity contribution < 1.29 is 9.66 Å². The van der Waals surface area contributed by atoms with Gasteiger partial charge in [-0.25, -0.2) is 0 Å². The normalized spacial score (nSPS) is 22.0. The van der Waals surface area contributed by atoms with Crippen LogP contribution in [0, 0.1) is 16.0 Å². The number of nitrogens with one attached hydrogen (secondary N) is 1. The lowest BCUT2D eigenvalue weighted by atomic mass is 9.89. The highest BCUT2D eigenvalue weighted by molar-refractivity contribution is 5.62. The first-order valence-corrected chi connectivity index (χ1v) is 7.73. The number of ether oxygens (including phenoxy) is 1. The first-order chi connectivity index (χ1) is 10.1. The number of nitrogens with zero attached hydrogens (tertiary/aromatic N) is 1. The molecule has 2 atom stereocenters.